The zero-order chi connectivity index (χ0) is 18.6. The van der Waals surface area contributed by atoms with Gasteiger partial charge in [0.1, 0.15) is 6.10 Å². The highest BCUT2D eigenvalue weighted by Gasteiger charge is 2.34. The normalized spacial score (nSPS) is 19.7. The van der Waals surface area contributed by atoms with E-state index in [2.05, 4.69) is 38.1 Å². The van der Waals surface area contributed by atoms with Crippen molar-refractivity contribution in [3.05, 3.63) is 35.4 Å². The van der Waals surface area contributed by atoms with Gasteiger partial charge in [0.25, 0.3) is 0 Å². The number of benzene rings is 1. The molecule has 2 unspecified atom stereocenters. The molecule has 0 spiro atoms. The molecule has 2 nitrogen and oxygen atoms in total. The molecule has 0 aromatic heterocycles. The smallest absolute Gasteiger partial charge is 0.309 e. The predicted molar refractivity (Wildman–Crippen MR) is 109 cm³/mol. The molecule has 0 N–H and O–H groups in total. The first kappa shape index (κ1) is 21.0. The fourth-order valence-corrected chi connectivity index (χ4v) is 3.90. The number of hydrogen-bond acceptors (Lipinski definition) is 2. The lowest BCUT2D eigenvalue weighted by molar-refractivity contribution is -0.144. The van der Waals surface area contributed by atoms with Crippen molar-refractivity contribution < 1.29 is 9.53 Å². The Morgan fingerprint density at radius 1 is 0.846 bits per heavy atom. The maximum Gasteiger partial charge on any atom is 0.309 e. The van der Waals surface area contributed by atoms with Crippen LogP contribution < -0.4 is 0 Å². The van der Waals surface area contributed by atoms with Crippen molar-refractivity contribution in [3.63, 3.8) is 0 Å². The lowest BCUT2D eigenvalue weighted by atomic mass is 9.94. The van der Waals surface area contributed by atoms with Crippen LogP contribution in [0, 0.1) is 5.92 Å². The van der Waals surface area contributed by atoms with E-state index in [4.69, 9.17) is 4.74 Å². The third-order valence-electron chi connectivity index (χ3n) is 5.67. The van der Waals surface area contributed by atoms with Crippen molar-refractivity contribution in [1.82, 2.24) is 0 Å². The number of carbonyl (C=O) groups excluding carboxylic acids is 1. The van der Waals surface area contributed by atoms with Gasteiger partial charge in [0.05, 0.1) is 5.92 Å². The fraction of sp³-hybridized carbons (Fsp3) is 0.708. The summed E-state index contributed by atoms with van der Waals surface area (Å²) in [5.74, 6) is 0.130. The summed E-state index contributed by atoms with van der Waals surface area (Å²) in [4.78, 5) is 12.2. The second-order valence-electron chi connectivity index (χ2n) is 7.97. The average Bonchev–Trinajstić information content (AvgIpc) is 3.03. The third-order valence-corrected chi connectivity index (χ3v) is 5.67. The molecule has 146 valence electrons. The van der Waals surface area contributed by atoms with Crippen LogP contribution >= 0.6 is 0 Å². The highest BCUT2D eigenvalue weighted by molar-refractivity contribution is 5.74. The van der Waals surface area contributed by atoms with Gasteiger partial charge in [-0.1, -0.05) is 95.9 Å². The van der Waals surface area contributed by atoms with Crippen LogP contribution in [0.2, 0.25) is 0 Å². The summed E-state index contributed by atoms with van der Waals surface area (Å²) < 4.78 is 5.66. The van der Waals surface area contributed by atoms with Gasteiger partial charge in [-0.25, -0.2) is 0 Å². The van der Waals surface area contributed by atoms with Gasteiger partial charge < -0.3 is 4.74 Å². The Morgan fingerprint density at radius 2 is 1.46 bits per heavy atom. The molecule has 1 saturated heterocycles. The third kappa shape index (κ3) is 7.13. The van der Waals surface area contributed by atoms with Gasteiger partial charge in [-0.05, 0) is 30.4 Å². The Bertz CT molecular complexity index is 505. The molecule has 1 aromatic carbocycles. The Hall–Kier alpha value is -1.31. The van der Waals surface area contributed by atoms with E-state index in [-0.39, 0.29) is 18.0 Å². The number of rotatable bonds is 13. The Kier molecular flexibility index (Phi) is 9.81. The first-order valence-electron chi connectivity index (χ1n) is 11.0. The van der Waals surface area contributed by atoms with Gasteiger partial charge in [0, 0.05) is 6.42 Å². The van der Waals surface area contributed by atoms with E-state index in [1.165, 1.54) is 68.9 Å². The first-order chi connectivity index (χ1) is 12.7. The molecule has 1 aliphatic rings. The van der Waals surface area contributed by atoms with Gasteiger partial charge in [0.2, 0.25) is 0 Å². The van der Waals surface area contributed by atoms with Crippen molar-refractivity contribution in [1.29, 1.82) is 0 Å². The van der Waals surface area contributed by atoms with Crippen LogP contribution in [0.25, 0.3) is 0 Å². The second kappa shape index (κ2) is 12.1. The average molecular weight is 359 g/mol. The molecule has 26 heavy (non-hydrogen) atoms. The molecule has 1 heterocycles. The highest BCUT2D eigenvalue weighted by Crippen LogP contribution is 2.36. The minimum absolute atomic E-state index is 0.0190. The van der Waals surface area contributed by atoms with Crippen LogP contribution in [0.4, 0.5) is 0 Å². The van der Waals surface area contributed by atoms with E-state index in [9.17, 15) is 4.79 Å². The van der Waals surface area contributed by atoms with E-state index in [1.807, 2.05) is 0 Å². The van der Waals surface area contributed by atoms with E-state index in [0.29, 0.717) is 0 Å². The van der Waals surface area contributed by atoms with Gasteiger partial charge in [-0.15, -0.1) is 0 Å². The number of hydrogen-bond donors (Lipinski definition) is 0. The topological polar surface area (TPSA) is 26.3 Å². The van der Waals surface area contributed by atoms with E-state index in [0.717, 1.165) is 25.7 Å². The molecule has 0 bridgehead atoms. The maximum absolute atomic E-state index is 12.2. The summed E-state index contributed by atoms with van der Waals surface area (Å²) in [6, 6.07) is 8.79. The molecule has 2 atom stereocenters. The molecule has 1 aromatic rings. The van der Waals surface area contributed by atoms with Crippen LogP contribution in [-0.2, 0) is 16.0 Å². The number of carbonyl (C=O) groups is 1. The first-order valence-corrected chi connectivity index (χ1v) is 11.0. The SMILES string of the molecule is CCCCCCCc1ccc(C2CC(CCCCCCC)C(=O)O2)cc1. The lowest BCUT2D eigenvalue weighted by Gasteiger charge is -2.10. The maximum atomic E-state index is 12.2. The Morgan fingerprint density at radius 3 is 2.12 bits per heavy atom. The number of cyclic esters (lactones) is 1. The quantitative estimate of drug-likeness (QED) is 0.276. The zero-order valence-corrected chi connectivity index (χ0v) is 17.0. The number of aryl methyl sites for hydroxylation is 1. The molecule has 1 aliphatic heterocycles. The zero-order valence-electron chi connectivity index (χ0n) is 17.0. The molecule has 2 rings (SSSR count). The van der Waals surface area contributed by atoms with Crippen LogP contribution in [0.15, 0.2) is 24.3 Å². The Balaban J connectivity index is 1.72. The second-order valence-corrected chi connectivity index (χ2v) is 7.97. The minimum Gasteiger partial charge on any atom is -0.457 e. The van der Waals surface area contributed by atoms with E-state index < -0.39 is 0 Å². The van der Waals surface area contributed by atoms with Gasteiger partial charge in [-0.2, -0.15) is 0 Å². The fourth-order valence-electron chi connectivity index (χ4n) is 3.90. The van der Waals surface area contributed by atoms with Crippen LogP contribution in [0.1, 0.15) is 108 Å². The van der Waals surface area contributed by atoms with Crippen molar-refractivity contribution >= 4 is 5.97 Å². The van der Waals surface area contributed by atoms with Crippen LogP contribution in [0.5, 0.6) is 0 Å². The summed E-state index contributed by atoms with van der Waals surface area (Å²) in [5.41, 5.74) is 2.57. The van der Waals surface area contributed by atoms with Crippen molar-refractivity contribution in [3.8, 4) is 0 Å². The van der Waals surface area contributed by atoms with E-state index >= 15 is 0 Å². The van der Waals surface area contributed by atoms with Crippen molar-refractivity contribution in [2.24, 2.45) is 5.92 Å². The van der Waals surface area contributed by atoms with Gasteiger partial charge in [-0.3, -0.25) is 4.79 Å². The number of esters is 1. The van der Waals surface area contributed by atoms with Crippen molar-refractivity contribution in [2.45, 2.75) is 103 Å². The van der Waals surface area contributed by atoms with Crippen LogP contribution in [-0.4, -0.2) is 5.97 Å². The summed E-state index contributed by atoms with van der Waals surface area (Å²) in [7, 11) is 0. The van der Waals surface area contributed by atoms with Gasteiger partial charge >= 0.3 is 5.97 Å². The predicted octanol–water partition coefficient (Wildman–Crippen LogP) is 7.16. The molecule has 2 heteroatoms. The summed E-state index contributed by atoms with van der Waals surface area (Å²) in [6.07, 6.45) is 15.9. The lowest BCUT2D eigenvalue weighted by Crippen LogP contribution is -2.06. The molecule has 0 radical (unpaired) electrons. The van der Waals surface area contributed by atoms with Crippen LogP contribution in [0.3, 0.4) is 0 Å². The summed E-state index contributed by atoms with van der Waals surface area (Å²) >= 11 is 0. The molecule has 0 saturated carbocycles. The highest BCUT2D eigenvalue weighted by atomic mass is 16.5. The monoisotopic (exact) mass is 358 g/mol. The molecular formula is C24H38O2. The van der Waals surface area contributed by atoms with E-state index in [1.54, 1.807) is 0 Å². The summed E-state index contributed by atoms with van der Waals surface area (Å²) in [6.45, 7) is 4.49. The molecule has 1 fully saturated rings. The largest absolute Gasteiger partial charge is 0.457 e. The van der Waals surface area contributed by atoms with Crippen molar-refractivity contribution in [2.75, 3.05) is 0 Å². The Labute approximate surface area is 160 Å². The standard InChI is InChI=1S/C24H38O2/c1-3-5-7-9-11-13-20-15-17-21(18-16-20)23-19-22(24(25)26-23)14-12-10-8-6-4-2/h15-18,22-23H,3-14,19H2,1-2H3. The molecular weight excluding hydrogens is 320 g/mol. The summed E-state index contributed by atoms with van der Waals surface area (Å²) in [5, 5.41) is 0. The number of ether oxygens (including phenoxy) is 1. The number of unbranched alkanes of at least 4 members (excludes halogenated alkanes) is 8. The van der Waals surface area contributed by atoms with Gasteiger partial charge in [0.15, 0.2) is 0 Å². The minimum atomic E-state index is -0.0262. The molecule has 0 amide bonds. The molecule has 0 aliphatic carbocycles.